The van der Waals surface area contributed by atoms with Crippen molar-refractivity contribution < 1.29 is 18.9 Å². The summed E-state index contributed by atoms with van der Waals surface area (Å²) < 4.78 is 28.0. The van der Waals surface area contributed by atoms with Crippen LogP contribution in [0.2, 0.25) is 0 Å². The summed E-state index contributed by atoms with van der Waals surface area (Å²) in [6, 6.07) is 38.0. The van der Waals surface area contributed by atoms with Crippen LogP contribution in [0.1, 0.15) is 0 Å². The van der Waals surface area contributed by atoms with Gasteiger partial charge in [0.05, 0.1) is 13.2 Å². The van der Waals surface area contributed by atoms with E-state index in [-0.39, 0.29) is 13.2 Å². The summed E-state index contributed by atoms with van der Waals surface area (Å²) in [6.45, 7) is 0.337. The summed E-state index contributed by atoms with van der Waals surface area (Å²) in [5.41, 5.74) is 0. The van der Waals surface area contributed by atoms with Crippen molar-refractivity contribution in [3.05, 3.63) is 121 Å². The molecule has 0 saturated heterocycles. The summed E-state index contributed by atoms with van der Waals surface area (Å²) in [5, 5.41) is 3.18. The van der Waals surface area contributed by atoms with E-state index >= 15 is 0 Å². The Balaban J connectivity index is 1.39. The quantitative estimate of drug-likeness (QED) is 0.129. The Bertz CT molecular complexity index is 1060. The summed E-state index contributed by atoms with van der Waals surface area (Å²) in [4.78, 5) is 10.9. The molecule has 4 nitrogen and oxygen atoms in total. The summed E-state index contributed by atoms with van der Waals surface area (Å²) >= 11 is 0. The summed E-state index contributed by atoms with van der Waals surface area (Å²) in [7, 11) is -5.72. The van der Waals surface area contributed by atoms with Gasteiger partial charge < -0.3 is 9.13 Å². The van der Waals surface area contributed by atoms with Crippen LogP contribution in [-0.4, -0.2) is 25.5 Å². The molecular formula is C28H28O4P2. The van der Waals surface area contributed by atoms with Crippen molar-refractivity contribution in [2.24, 2.45) is 0 Å². The number of benzene rings is 4. The molecule has 0 saturated carbocycles. The minimum Gasteiger partial charge on any atom is -0.314 e. The average Bonchev–Trinajstić information content (AvgIpc) is 2.92. The third-order valence-corrected chi connectivity index (χ3v) is 11.9. The van der Waals surface area contributed by atoms with Gasteiger partial charge in [-0.2, -0.15) is 0 Å². The molecule has 4 aromatic rings. The smallest absolute Gasteiger partial charge is 0.145 e. The maximum Gasteiger partial charge on any atom is 0.145 e. The van der Waals surface area contributed by atoms with Gasteiger partial charge in [0.15, 0.2) is 0 Å². The highest BCUT2D eigenvalue weighted by molar-refractivity contribution is 7.79. The van der Waals surface area contributed by atoms with Crippen molar-refractivity contribution in [1.29, 1.82) is 0 Å². The van der Waals surface area contributed by atoms with Crippen LogP contribution in [0.3, 0.4) is 0 Å². The Morgan fingerprint density at radius 3 is 0.882 bits per heavy atom. The van der Waals surface area contributed by atoms with Gasteiger partial charge in [-0.15, -0.1) is 0 Å². The number of hydrogen-bond donors (Lipinski definition) is 0. The fourth-order valence-electron chi connectivity index (χ4n) is 3.94. The van der Waals surface area contributed by atoms with E-state index in [2.05, 4.69) is 0 Å². The Morgan fingerprint density at radius 1 is 0.412 bits per heavy atom. The Labute approximate surface area is 201 Å². The molecule has 0 radical (unpaired) electrons. The van der Waals surface area contributed by atoms with E-state index in [1.165, 1.54) is 0 Å². The SMILES string of the molecule is O=P(CCOOCCP(=O)(c1ccccc1)c1ccccc1)(c1ccccc1)c1ccccc1. The second-order valence-electron chi connectivity index (χ2n) is 7.91. The lowest BCUT2D eigenvalue weighted by molar-refractivity contribution is -0.286. The van der Waals surface area contributed by atoms with Crippen LogP contribution in [0.4, 0.5) is 0 Å². The number of rotatable bonds is 11. The normalized spacial score (nSPS) is 11.9. The van der Waals surface area contributed by atoms with E-state index in [9.17, 15) is 9.13 Å². The van der Waals surface area contributed by atoms with Crippen molar-refractivity contribution in [2.75, 3.05) is 25.5 Å². The lowest BCUT2D eigenvalue weighted by Gasteiger charge is -2.20. The van der Waals surface area contributed by atoms with Crippen LogP contribution in [0.5, 0.6) is 0 Å². The second-order valence-corrected chi connectivity index (χ2v) is 13.8. The van der Waals surface area contributed by atoms with E-state index in [1.807, 2.05) is 121 Å². The average molecular weight is 490 g/mol. The molecule has 0 aliphatic heterocycles. The molecule has 0 heterocycles. The molecule has 34 heavy (non-hydrogen) atoms. The molecule has 0 N–H and O–H groups in total. The van der Waals surface area contributed by atoms with Crippen molar-refractivity contribution in [2.45, 2.75) is 0 Å². The highest BCUT2D eigenvalue weighted by Crippen LogP contribution is 2.44. The molecule has 0 bridgehead atoms. The minimum atomic E-state index is -2.86. The zero-order chi connectivity index (χ0) is 23.7. The Kier molecular flexibility index (Phi) is 8.32. The van der Waals surface area contributed by atoms with Crippen LogP contribution in [0, 0.1) is 0 Å². The molecule has 174 valence electrons. The lowest BCUT2D eigenvalue weighted by atomic mass is 10.4. The van der Waals surface area contributed by atoms with E-state index in [4.69, 9.17) is 9.78 Å². The van der Waals surface area contributed by atoms with Crippen molar-refractivity contribution >= 4 is 35.5 Å². The van der Waals surface area contributed by atoms with Crippen LogP contribution >= 0.6 is 14.3 Å². The molecular weight excluding hydrogens is 462 g/mol. The first kappa shape index (κ1) is 24.4. The molecule has 4 rings (SSSR count). The van der Waals surface area contributed by atoms with Crippen molar-refractivity contribution in [3.63, 3.8) is 0 Å². The first-order valence-electron chi connectivity index (χ1n) is 11.3. The zero-order valence-electron chi connectivity index (χ0n) is 18.9. The first-order valence-corrected chi connectivity index (χ1v) is 15.1. The summed E-state index contributed by atoms with van der Waals surface area (Å²) in [6.07, 6.45) is 0.631. The van der Waals surface area contributed by atoms with Gasteiger partial charge in [0.1, 0.15) is 14.3 Å². The van der Waals surface area contributed by atoms with Crippen LogP contribution < -0.4 is 21.2 Å². The topological polar surface area (TPSA) is 52.6 Å². The van der Waals surface area contributed by atoms with Gasteiger partial charge in [-0.3, -0.25) is 0 Å². The molecule has 0 atom stereocenters. The Morgan fingerprint density at radius 2 is 0.647 bits per heavy atom. The van der Waals surface area contributed by atoms with Gasteiger partial charge in [-0.1, -0.05) is 121 Å². The second kappa shape index (κ2) is 11.6. The standard InChI is InChI=1S/C28H28O4P2/c29-33(25-13-5-1-6-14-25,26-15-7-2-8-16-26)23-21-31-32-22-24-34(30,27-17-9-3-10-18-27)28-19-11-4-12-20-28/h1-20H,21-24H2. The molecule has 0 aliphatic carbocycles. The van der Waals surface area contributed by atoms with Crippen LogP contribution in [0.25, 0.3) is 0 Å². The Hall–Kier alpha value is -2.74. The van der Waals surface area contributed by atoms with Gasteiger partial charge >= 0.3 is 0 Å². The predicted molar refractivity (Wildman–Crippen MR) is 141 cm³/mol. The highest BCUT2D eigenvalue weighted by atomic mass is 31.2. The molecule has 0 aromatic heterocycles. The van der Waals surface area contributed by atoms with E-state index in [1.54, 1.807) is 0 Å². The molecule has 0 unspecified atom stereocenters. The first-order chi connectivity index (χ1) is 16.6. The van der Waals surface area contributed by atoms with Crippen LogP contribution in [0.15, 0.2) is 121 Å². The van der Waals surface area contributed by atoms with E-state index < -0.39 is 14.3 Å². The minimum absolute atomic E-state index is 0.169. The van der Waals surface area contributed by atoms with Gasteiger partial charge in [0.25, 0.3) is 0 Å². The molecule has 0 amide bonds. The van der Waals surface area contributed by atoms with Crippen molar-refractivity contribution in [3.8, 4) is 0 Å². The van der Waals surface area contributed by atoms with Gasteiger partial charge in [-0.05, 0) is 0 Å². The summed E-state index contributed by atoms with van der Waals surface area (Å²) in [5.74, 6) is 0. The maximum absolute atomic E-state index is 14.0. The van der Waals surface area contributed by atoms with Crippen LogP contribution in [-0.2, 0) is 18.9 Å². The monoisotopic (exact) mass is 490 g/mol. The predicted octanol–water partition coefficient (Wildman–Crippen LogP) is 4.96. The van der Waals surface area contributed by atoms with E-state index in [0.717, 1.165) is 21.2 Å². The van der Waals surface area contributed by atoms with Gasteiger partial charge in [-0.25, -0.2) is 9.78 Å². The largest absolute Gasteiger partial charge is 0.314 e. The van der Waals surface area contributed by atoms with E-state index in [0.29, 0.717) is 12.3 Å². The van der Waals surface area contributed by atoms with Gasteiger partial charge in [0, 0.05) is 33.5 Å². The molecule has 0 aliphatic rings. The van der Waals surface area contributed by atoms with Crippen molar-refractivity contribution in [1.82, 2.24) is 0 Å². The fraction of sp³-hybridized carbons (Fsp3) is 0.143. The number of hydrogen-bond acceptors (Lipinski definition) is 4. The zero-order valence-corrected chi connectivity index (χ0v) is 20.7. The molecule has 0 spiro atoms. The molecule has 4 aromatic carbocycles. The lowest BCUT2D eigenvalue weighted by Crippen LogP contribution is -2.22. The highest BCUT2D eigenvalue weighted by Gasteiger charge is 2.28. The molecule has 6 heteroatoms. The van der Waals surface area contributed by atoms with Gasteiger partial charge in [0.2, 0.25) is 0 Å². The third-order valence-electron chi connectivity index (χ3n) is 5.76. The fourth-order valence-corrected chi connectivity index (χ4v) is 8.85. The molecule has 0 fully saturated rings. The third kappa shape index (κ3) is 5.66. The maximum atomic E-state index is 14.0.